The largest absolute Gasteiger partial charge is 0.379 e. The van der Waals surface area contributed by atoms with Crippen LogP contribution in [0.4, 0.5) is 0 Å². The zero-order chi connectivity index (χ0) is 22.0. The van der Waals surface area contributed by atoms with Gasteiger partial charge in [0.15, 0.2) is 0 Å². The lowest BCUT2D eigenvalue weighted by Gasteiger charge is -2.29. The first-order valence-electron chi connectivity index (χ1n) is 11.1. The SMILES string of the molecule is Cn1c(=O)c2ccc(C3CCC(CNC(=O)CN4CCOCC4)CC3)nc2n(C)c1=O. The molecule has 0 aromatic carbocycles. The number of nitrogens with one attached hydrogen (secondary N) is 1. The lowest BCUT2D eigenvalue weighted by atomic mass is 9.80. The summed E-state index contributed by atoms with van der Waals surface area (Å²) < 4.78 is 7.87. The lowest BCUT2D eigenvalue weighted by molar-refractivity contribution is -0.123. The number of aryl methyl sites for hydroxylation is 1. The van der Waals surface area contributed by atoms with E-state index in [-0.39, 0.29) is 17.2 Å². The number of morpholine rings is 1. The predicted octanol–water partition coefficient (Wildman–Crippen LogP) is 0.354. The van der Waals surface area contributed by atoms with Crippen molar-refractivity contribution in [3.05, 3.63) is 38.7 Å². The molecule has 2 aliphatic rings. The van der Waals surface area contributed by atoms with Crippen molar-refractivity contribution in [3.63, 3.8) is 0 Å². The van der Waals surface area contributed by atoms with Gasteiger partial charge in [-0.3, -0.25) is 23.6 Å². The fourth-order valence-corrected chi connectivity index (χ4v) is 4.63. The molecule has 0 radical (unpaired) electrons. The van der Waals surface area contributed by atoms with Crippen LogP contribution < -0.4 is 16.6 Å². The Labute approximate surface area is 181 Å². The zero-order valence-corrected chi connectivity index (χ0v) is 18.3. The molecule has 2 aromatic rings. The van der Waals surface area contributed by atoms with E-state index in [4.69, 9.17) is 4.74 Å². The first kappa shape index (κ1) is 21.7. The zero-order valence-electron chi connectivity index (χ0n) is 18.3. The molecule has 1 aliphatic carbocycles. The average Bonchev–Trinajstić information content (AvgIpc) is 2.80. The Balaban J connectivity index is 1.33. The van der Waals surface area contributed by atoms with Crippen molar-refractivity contribution in [3.8, 4) is 0 Å². The molecule has 9 heteroatoms. The molecule has 2 aromatic heterocycles. The molecule has 1 aliphatic heterocycles. The van der Waals surface area contributed by atoms with Crippen molar-refractivity contribution in [2.24, 2.45) is 20.0 Å². The van der Waals surface area contributed by atoms with Crippen LogP contribution in [0.25, 0.3) is 11.0 Å². The second-order valence-corrected chi connectivity index (χ2v) is 8.72. The number of hydrogen-bond acceptors (Lipinski definition) is 6. The van der Waals surface area contributed by atoms with Gasteiger partial charge in [0.05, 0.1) is 25.1 Å². The van der Waals surface area contributed by atoms with Crippen molar-refractivity contribution in [1.82, 2.24) is 24.3 Å². The van der Waals surface area contributed by atoms with E-state index >= 15 is 0 Å². The van der Waals surface area contributed by atoms with Crippen molar-refractivity contribution in [1.29, 1.82) is 0 Å². The van der Waals surface area contributed by atoms with E-state index in [0.717, 1.165) is 49.0 Å². The van der Waals surface area contributed by atoms with Gasteiger partial charge in [-0.1, -0.05) is 0 Å². The normalized spacial score (nSPS) is 22.5. The van der Waals surface area contributed by atoms with E-state index in [1.54, 1.807) is 13.1 Å². The fraction of sp³-hybridized carbons (Fsp3) is 0.636. The Kier molecular flexibility index (Phi) is 6.52. The van der Waals surface area contributed by atoms with E-state index in [9.17, 15) is 14.4 Å². The Bertz CT molecular complexity index is 1060. The monoisotopic (exact) mass is 429 g/mol. The van der Waals surface area contributed by atoms with E-state index in [0.29, 0.717) is 49.2 Å². The third-order valence-corrected chi connectivity index (χ3v) is 6.65. The topological polar surface area (TPSA) is 98.5 Å². The Hall–Kier alpha value is -2.52. The molecule has 0 atom stereocenters. The van der Waals surface area contributed by atoms with Gasteiger partial charge in [0.25, 0.3) is 5.56 Å². The number of rotatable bonds is 5. The number of hydrogen-bond donors (Lipinski definition) is 1. The van der Waals surface area contributed by atoms with Gasteiger partial charge in [0, 0.05) is 45.3 Å². The summed E-state index contributed by atoms with van der Waals surface area (Å²) in [5, 5.41) is 3.55. The van der Waals surface area contributed by atoms with E-state index in [2.05, 4.69) is 15.2 Å². The quantitative estimate of drug-likeness (QED) is 0.737. The van der Waals surface area contributed by atoms with Gasteiger partial charge in [0.1, 0.15) is 5.65 Å². The van der Waals surface area contributed by atoms with Crippen LogP contribution >= 0.6 is 0 Å². The molecule has 0 spiro atoms. The van der Waals surface area contributed by atoms with E-state index < -0.39 is 0 Å². The van der Waals surface area contributed by atoms with Gasteiger partial charge in [0.2, 0.25) is 5.91 Å². The highest BCUT2D eigenvalue weighted by atomic mass is 16.5. The predicted molar refractivity (Wildman–Crippen MR) is 117 cm³/mol. The van der Waals surface area contributed by atoms with Crippen molar-refractivity contribution in [2.45, 2.75) is 31.6 Å². The highest BCUT2D eigenvalue weighted by Gasteiger charge is 2.25. The van der Waals surface area contributed by atoms with Crippen LogP contribution in [0.5, 0.6) is 0 Å². The molecule has 1 saturated carbocycles. The molecule has 168 valence electrons. The minimum Gasteiger partial charge on any atom is -0.379 e. The summed E-state index contributed by atoms with van der Waals surface area (Å²) in [6.45, 7) is 4.18. The summed E-state index contributed by atoms with van der Waals surface area (Å²) in [6.07, 6.45) is 4.03. The van der Waals surface area contributed by atoms with Crippen LogP contribution in [0, 0.1) is 5.92 Å². The smallest absolute Gasteiger partial charge is 0.332 e. The van der Waals surface area contributed by atoms with Gasteiger partial charge >= 0.3 is 5.69 Å². The molecule has 2 fully saturated rings. The first-order valence-corrected chi connectivity index (χ1v) is 11.1. The molecule has 0 bridgehead atoms. The standard InChI is InChI=1S/C22H31N5O4/c1-25-20-17(21(29)26(2)22(25)30)7-8-18(24-20)16-5-3-15(4-6-16)13-23-19(28)14-27-9-11-31-12-10-27/h7-8,15-16H,3-6,9-14H2,1-2H3,(H,23,28). The summed E-state index contributed by atoms with van der Waals surface area (Å²) >= 11 is 0. The van der Waals surface area contributed by atoms with Crippen molar-refractivity contribution in [2.75, 3.05) is 39.4 Å². The maximum atomic E-state index is 12.4. The number of aromatic nitrogens is 3. The Morgan fingerprint density at radius 1 is 1.10 bits per heavy atom. The molecular formula is C22H31N5O4. The molecule has 3 heterocycles. The summed E-state index contributed by atoms with van der Waals surface area (Å²) in [5.41, 5.74) is 0.709. The number of pyridine rings is 1. The van der Waals surface area contributed by atoms with Crippen molar-refractivity contribution >= 4 is 16.9 Å². The van der Waals surface area contributed by atoms with E-state index in [1.807, 2.05) is 6.07 Å². The molecule has 31 heavy (non-hydrogen) atoms. The van der Waals surface area contributed by atoms with Gasteiger partial charge < -0.3 is 10.1 Å². The van der Waals surface area contributed by atoms with Gasteiger partial charge in [-0.25, -0.2) is 9.78 Å². The number of carbonyl (C=O) groups excluding carboxylic acids is 1. The maximum absolute atomic E-state index is 12.4. The summed E-state index contributed by atoms with van der Waals surface area (Å²) in [5.74, 6) is 0.869. The van der Waals surface area contributed by atoms with Crippen LogP contribution in [-0.2, 0) is 23.6 Å². The highest BCUT2D eigenvalue weighted by Crippen LogP contribution is 2.35. The Morgan fingerprint density at radius 3 is 2.52 bits per heavy atom. The third-order valence-electron chi connectivity index (χ3n) is 6.65. The fourth-order valence-electron chi connectivity index (χ4n) is 4.63. The molecule has 0 unspecified atom stereocenters. The molecule has 4 rings (SSSR count). The second-order valence-electron chi connectivity index (χ2n) is 8.72. The summed E-state index contributed by atoms with van der Waals surface area (Å²) in [7, 11) is 3.14. The number of amides is 1. The van der Waals surface area contributed by atoms with Crippen LogP contribution in [0.1, 0.15) is 37.3 Å². The molecule has 1 amide bonds. The van der Waals surface area contributed by atoms with Gasteiger partial charge in [-0.05, 0) is 43.7 Å². The van der Waals surface area contributed by atoms with Crippen LogP contribution in [0.15, 0.2) is 21.7 Å². The van der Waals surface area contributed by atoms with Crippen LogP contribution in [0.3, 0.4) is 0 Å². The molecule has 9 nitrogen and oxygen atoms in total. The number of carbonyl (C=O) groups is 1. The molecule has 1 N–H and O–H groups in total. The van der Waals surface area contributed by atoms with Crippen LogP contribution in [-0.4, -0.2) is 64.3 Å². The third kappa shape index (κ3) is 4.72. The lowest BCUT2D eigenvalue weighted by Crippen LogP contribution is -2.44. The number of ether oxygens (including phenoxy) is 1. The molecule has 1 saturated heterocycles. The number of nitrogens with zero attached hydrogens (tertiary/aromatic N) is 4. The highest BCUT2D eigenvalue weighted by molar-refractivity contribution is 5.78. The minimum atomic E-state index is -0.362. The second kappa shape index (κ2) is 9.32. The Morgan fingerprint density at radius 2 is 1.81 bits per heavy atom. The minimum absolute atomic E-state index is 0.0858. The summed E-state index contributed by atoms with van der Waals surface area (Å²) in [4.78, 5) is 43.6. The maximum Gasteiger partial charge on any atom is 0.332 e. The summed E-state index contributed by atoms with van der Waals surface area (Å²) in [6, 6.07) is 3.71. The van der Waals surface area contributed by atoms with Gasteiger partial charge in [-0.15, -0.1) is 0 Å². The first-order chi connectivity index (χ1) is 14.9. The number of fused-ring (bicyclic) bond motifs is 1. The van der Waals surface area contributed by atoms with Crippen LogP contribution in [0.2, 0.25) is 0 Å². The van der Waals surface area contributed by atoms with Gasteiger partial charge in [-0.2, -0.15) is 0 Å². The van der Waals surface area contributed by atoms with E-state index in [1.165, 1.54) is 11.6 Å². The average molecular weight is 430 g/mol. The van der Waals surface area contributed by atoms with Crippen molar-refractivity contribution < 1.29 is 9.53 Å². The molecular weight excluding hydrogens is 398 g/mol.